The van der Waals surface area contributed by atoms with E-state index in [-0.39, 0.29) is 24.3 Å². The first-order valence-electron chi connectivity index (χ1n) is 7.32. The number of benzene rings is 1. The highest BCUT2D eigenvalue weighted by Gasteiger charge is 2.36. The Morgan fingerprint density at radius 1 is 1.33 bits per heavy atom. The first-order chi connectivity index (χ1) is 9.95. The molecule has 0 aromatic heterocycles. The monoisotopic (exact) mass is 289 g/mol. The molecule has 0 bridgehead atoms. The van der Waals surface area contributed by atoms with Crippen LogP contribution in [0.2, 0.25) is 0 Å². The van der Waals surface area contributed by atoms with Crippen LogP contribution in [0.4, 0.5) is 11.4 Å². The van der Waals surface area contributed by atoms with E-state index in [1.165, 1.54) is 0 Å². The van der Waals surface area contributed by atoms with E-state index < -0.39 is 6.04 Å². The molecular formula is C16H23N3O2. The number of hydrogen-bond acceptors (Lipinski definition) is 3. The average molecular weight is 289 g/mol. The molecule has 2 atom stereocenters. The summed E-state index contributed by atoms with van der Waals surface area (Å²) >= 11 is 0. The molecular weight excluding hydrogens is 266 g/mol. The second kappa shape index (κ2) is 6.16. The van der Waals surface area contributed by atoms with Crippen molar-refractivity contribution in [3.05, 3.63) is 24.3 Å². The molecule has 5 nitrogen and oxygen atoms in total. The SMILES string of the molecule is CCC(C)C1NC(=O)CN(c2ccccc2N(C)C)C1=O. The van der Waals surface area contributed by atoms with Gasteiger partial charge in [0.25, 0.3) is 0 Å². The normalized spacial score (nSPS) is 20.2. The smallest absolute Gasteiger partial charge is 0.250 e. The van der Waals surface area contributed by atoms with Gasteiger partial charge in [0.05, 0.1) is 11.4 Å². The summed E-state index contributed by atoms with van der Waals surface area (Å²) in [4.78, 5) is 28.3. The van der Waals surface area contributed by atoms with Gasteiger partial charge in [0.2, 0.25) is 11.8 Å². The van der Waals surface area contributed by atoms with Crippen LogP contribution < -0.4 is 15.1 Å². The van der Waals surface area contributed by atoms with E-state index >= 15 is 0 Å². The molecule has 0 aliphatic carbocycles. The fourth-order valence-corrected chi connectivity index (χ4v) is 2.57. The topological polar surface area (TPSA) is 52.7 Å². The Bertz CT molecular complexity index is 542. The van der Waals surface area contributed by atoms with Crippen LogP contribution in [0, 0.1) is 5.92 Å². The molecule has 1 N–H and O–H groups in total. The Morgan fingerprint density at radius 2 is 2.00 bits per heavy atom. The number of carbonyl (C=O) groups excluding carboxylic acids is 2. The molecule has 1 heterocycles. The van der Waals surface area contributed by atoms with Crippen LogP contribution in [0.5, 0.6) is 0 Å². The molecule has 1 fully saturated rings. The molecule has 0 radical (unpaired) electrons. The predicted octanol–water partition coefficient (Wildman–Crippen LogP) is 1.63. The van der Waals surface area contributed by atoms with E-state index in [4.69, 9.17) is 0 Å². The van der Waals surface area contributed by atoms with Crippen LogP contribution in [-0.4, -0.2) is 38.5 Å². The van der Waals surface area contributed by atoms with Crippen molar-refractivity contribution in [2.75, 3.05) is 30.4 Å². The lowest BCUT2D eigenvalue weighted by molar-refractivity contribution is -0.132. The number of carbonyl (C=O) groups is 2. The Morgan fingerprint density at radius 3 is 2.62 bits per heavy atom. The number of hydrogen-bond donors (Lipinski definition) is 1. The molecule has 2 rings (SSSR count). The minimum absolute atomic E-state index is 0.0294. The zero-order chi connectivity index (χ0) is 15.6. The second-order valence-corrected chi connectivity index (χ2v) is 5.74. The van der Waals surface area contributed by atoms with Gasteiger partial charge in [-0.2, -0.15) is 0 Å². The van der Waals surface area contributed by atoms with Crippen molar-refractivity contribution < 1.29 is 9.59 Å². The number of rotatable bonds is 4. The molecule has 1 aromatic rings. The van der Waals surface area contributed by atoms with Crippen LogP contribution in [0.25, 0.3) is 0 Å². The van der Waals surface area contributed by atoms with E-state index in [9.17, 15) is 9.59 Å². The maximum Gasteiger partial charge on any atom is 0.250 e. The fraction of sp³-hybridized carbons (Fsp3) is 0.500. The number of nitrogens with zero attached hydrogens (tertiary/aromatic N) is 2. The van der Waals surface area contributed by atoms with Crippen molar-refractivity contribution in [2.24, 2.45) is 5.92 Å². The highest BCUT2D eigenvalue weighted by Crippen LogP contribution is 2.30. The Labute approximate surface area is 125 Å². The van der Waals surface area contributed by atoms with Gasteiger partial charge in [0.1, 0.15) is 12.6 Å². The molecule has 114 valence electrons. The molecule has 1 saturated heterocycles. The molecule has 5 heteroatoms. The van der Waals surface area contributed by atoms with Gasteiger partial charge in [-0.3, -0.25) is 14.5 Å². The first kappa shape index (κ1) is 15.4. The second-order valence-electron chi connectivity index (χ2n) is 5.74. The third-order valence-corrected chi connectivity index (χ3v) is 4.02. The highest BCUT2D eigenvalue weighted by atomic mass is 16.2. The standard InChI is InChI=1S/C16H23N3O2/c1-5-11(2)15-16(21)19(10-14(20)17-15)13-9-7-6-8-12(13)18(3)4/h6-9,11,15H,5,10H2,1-4H3,(H,17,20). The first-order valence-corrected chi connectivity index (χ1v) is 7.32. The van der Waals surface area contributed by atoms with Gasteiger partial charge < -0.3 is 10.2 Å². The Hall–Kier alpha value is -2.04. The summed E-state index contributed by atoms with van der Waals surface area (Å²) in [6.07, 6.45) is 0.847. The van der Waals surface area contributed by atoms with Crippen molar-refractivity contribution in [3.8, 4) is 0 Å². The van der Waals surface area contributed by atoms with Gasteiger partial charge in [-0.05, 0) is 18.1 Å². The third kappa shape index (κ3) is 3.01. The third-order valence-electron chi connectivity index (χ3n) is 4.02. The molecule has 1 aromatic carbocycles. The maximum absolute atomic E-state index is 12.7. The number of para-hydroxylation sites is 2. The van der Waals surface area contributed by atoms with E-state index in [2.05, 4.69) is 5.32 Å². The number of anilines is 2. The van der Waals surface area contributed by atoms with E-state index in [0.717, 1.165) is 17.8 Å². The number of nitrogens with one attached hydrogen (secondary N) is 1. The summed E-state index contributed by atoms with van der Waals surface area (Å²) in [5.41, 5.74) is 1.72. The van der Waals surface area contributed by atoms with Crippen molar-refractivity contribution in [2.45, 2.75) is 26.3 Å². The summed E-state index contributed by atoms with van der Waals surface area (Å²) < 4.78 is 0. The van der Waals surface area contributed by atoms with E-state index in [1.54, 1.807) is 4.90 Å². The van der Waals surface area contributed by atoms with Gasteiger partial charge in [0.15, 0.2) is 0 Å². The number of piperazine rings is 1. The Balaban J connectivity index is 2.38. The molecule has 21 heavy (non-hydrogen) atoms. The molecule has 1 aliphatic rings. The van der Waals surface area contributed by atoms with Crippen LogP contribution in [0.15, 0.2) is 24.3 Å². The minimum atomic E-state index is -0.438. The molecule has 0 spiro atoms. The lowest BCUT2D eigenvalue weighted by atomic mass is 9.96. The lowest BCUT2D eigenvalue weighted by Crippen LogP contribution is -2.60. The predicted molar refractivity (Wildman–Crippen MR) is 84.5 cm³/mol. The maximum atomic E-state index is 12.7. The van der Waals surface area contributed by atoms with Crippen LogP contribution in [0.3, 0.4) is 0 Å². The van der Waals surface area contributed by atoms with Gasteiger partial charge in [-0.15, -0.1) is 0 Å². The number of amides is 2. The summed E-state index contributed by atoms with van der Waals surface area (Å²) in [5, 5.41) is 2.82. The zero-order valence-corrected chi connectivity index (χ0v) is 13.1. The molecule has 2 amide bonds. The van der Waals surface area contributed by atoms with Gasteiger partial charge >= 0.3 is 0 Å². The summed E-state index contributed by atoms with van der Waals surface area (Å²) in [6.45, 7) is 4.09. The minimum Gasteiger partial charge on any atom is -0.376 e. The van der Waals surface area contributed by atoms with Gasteiger partial charge in [0, 0.05) is 14.1 Å². The van der Waals surface area contributed by atoms with Crippen molar-refractivity contribution in [1.82, 2.24) is 5.32 Å². The van der Waals surface area contributed by atoms with Crippen molar-refractivity contribution in [1.29, 1.82) is 0 Å². The van der Waals surface area contributed by atoms with Crippen LogP contribution >= 0.6 is 0 Å². The molecule has 0 saturated carbocycles. The quantitative estimate of drug-likeness (QED) is 0.916. The summed E-state index contributed by atoms with van der Waals surface area (Å²) in [5.74, 6) is -0.0116. The highest BCUT2D eigenvalue weighted by molar-refractivity contribution is 6.08. The van der Waals surface area contributed by atoms with Crippen LogP contribution in [-0.2, 0) is 9.59 Å². The van der Waals surface area contributed by atoms with Gasteiger partial charge in [-0.1, -0.05) is 32.4 Å². The lowest BCUT2D eigenvalue weighted by Gasteiger charge is -2.36. The van der Waals surface area contributed by atoms with Crippen molar-refractivity contribution in [3.63, 3.8) is 0 Å². The van der Waals surface area contributed by atoms with E-state index in [1.807, 2.05) is 57.1 Å². The molecule has 2 unspecified atom stereocenters. The van der Waals surface area contributed by atoms with Crippen LogP contribution in [0.1, 0.15) is 20.3 Å². The Kier molecular flexibility index (Phi) is 4.50. The summed E-state index contributed by atoms with van der Waals surface area (Å²) in [7, 11) is 3.86. The van der Waals surface area contributed by atoms with E-state index in [0.29, 0.717) is 0 Å². The average Bonchev–Trinajstić information content (AvgIpc) is 2.48. The van der Waals surface area contributed by atoms with Gasteiger partial charge in [-0.25, -0.2) is 0 Å². The zero-order valence-electron chi connectivity index (χ0n) is 13.1. The van der Waals surface area contributed by atoms with Crippen molar-refractivity contribution >= 4 is 23.2 Å². The fourth-order valence-electron chi connectivity index (χ4n) is 2.57. The summed E-state index contributed by atoms with van der Waals surface area (Å²) in [6, 6.07) is 7.22. The largest absolute Gasteiger partial charge is 0.376 e. The molecule has 1 aliphatic heterocycles.